The normalized spacial score (nSPS) is 9.60. The van der Waals surface area contributed by atoms with Crippen molar-refractivity contribution in [2.45, 2.75) is 38.5 Å². The molecule has 0 saturated heterocycles. The number of carbonyl (C=O) groups is 1. The van der Waals surface area contributed by atoms with Crippen LogP contribution >= 0.6 is 11.6 Å². The molecule has 0 heterocycles. The Morgan fingerprint density at radius 2 is 2.13 bits per heavy atom. The topological polar surface area (TPSA) is 52.9 Å². The Morgan fingerprint density at radius 1 is 1.33 bits per heavy atom. The van der Waals surface area contributed by atoms with E-state index in [1.165, 1.54) is 0 Å². The third kappa shape index (κ3) is 11.2. The zero-order valence-corrected chi connectivity index (χ0v) is 9.72. The average molecular weight is 230 g/mol. The van der Waals surface area contributed by atoms with Crippen molar-refractivity contribution in [2.24, 2.45) is 0 Å². The van der Waals surface area contributed by atoms with Gasteiger partial charge in [-0.05, 0) is 19.3 Å². The molecule has 3 nitrogen and oxygen atoms in total. The Kier molecular flexibility index (Phi) is 10.8. The van der Waals surface area contributed by atoms with Crippen molar-refractivity contribution in [1.82, 2.24) is 5.32 Å². The van der Waals surface area contributed by atoms with Crippen LogP contribution in [-0.2, 0) is 4.79 Å². The van der Waals surface area contributed by atoms with Gasteiger partial charge in [0.15, 0.2) is 0 Å². The van der Waals surface area contributed by atoms with E-state index >= 15 is 0 Å². The Bertz CT molecular complexity index is 201. The second-order valence-corrected chi connectivity index (χ2v) is 3.59. The van der Waals surface area contributed by atoms with Gasteiger partial charge in [-0.2, -0.15) is 5.26 Å². The molecule has 0 aromatic carbocycles. The number of hydrogen-bond acceptors (Lipinski definition) is 2. The summed E-state index contributed by atoms with van der Waals surface area (Å²) in [6.45, 7) is 0.712. The van der Waals surface area contributed by atoms with Crippen LogP contribution in [0.2, 0.25) is 0 Å². The predicted molar refractivity (Wildman–Crippen MR) is 61.3 cm³/mol. The van der Waals surface area contributed by atoms with Gasteiger partial charge in [-0.1, -0.05) is 19.3 Å². The smallest absolute Gasteiger partial charge is 0.234 e. The second kappa shape index (κ2) is 11.3. The highest BCUT2D eigenvalue weighted by Gasteiger charge is 1.96. The molecule has 0 fully saturated rings. The van der Waals surface area contributed by atoms with Crippen LogP contribution in [0.15, 0.2) is 0 Å². The molecule has 0 aliphatic heterocycles. The maximum absolute atomic E-state index is 10.7. The first-order valence-electron chi connectivity index (χ1n) is 5.32. The maximum atomic E-state index is 10.7. The molecule has 0 aromatic rings. The molecule has 0 rings (SSSR count). The van der Waals surface area contributed by atoms with Crippen LogP contribution < -0.4 is 5.32 Å². The van der Waals surface area contributed by atoms with Crippen LogP contribution in [-0.4, -0.2) is 18.3 Å². The highest BCUT2D eigenvalue weighted by atomic mass is 35.5. The van der Waals surface area contributed by atoms with Crippen LogP contribution in [0.5, 0.6) is 0 Å². The molecule has 15 heavy (non-hydrogen) atoms. The summed E-state index contributed by atoms with van der Waals surface area (Å²) in [4.78, 5) is 10.7. The van der Waals surface area contributed by atoms with Gasteiger partial charge >= 0.3 is 0 Å². The molecule has 0 spiro atoms. The number of nitriles is 1. The van der Waals surface area contributed by atoms with Gasteiger partial charge in [0.05, 0.1) is 6.07 Å². The van der Waals surface area contributed by atoms with Gasteiger partial charge in [-0.15, -0.1) is 11.6 Å². The summed E-state index contributed by atoms with van der Waals surface area (Å²) in [5.74, 6) is -0.0562. The third-order valence-electron chi connectivity index (χ3n) is 1.99. The lowest BCUT2D eigenvalue weighted by atomic mass is 10.1. The van der Waals surface area contributed by atoms with E-state index in [1.54, 1.807) is 0 Å². The van der Waals surface area contributed by atoms with E-state index in [1.807, 2.05) is 0 Å². The summed E-state index contributed by atoms with van der Waals surface area (Å²) in [7, 11) is 0. The van der Waals surface area contributed by atoms with Gasteiger partial charge in [-0.3, -0.25) is 4.79 Å². The summed E-state index contributed by atoms with van der Waals surface area (Å²) >= 11 is 5.32. The summed E-state index contributed by atoms with van der Waals surface area (Å²) < 4.78 is 0. The molecule has 0 bridgehead atoms. The van der Waals surface area contributed by atoms with Crippen LogP contribution in [0.4, 0.5) is 0 Å². The molecule has 1 N–H and O–H groups in total. The molecule has 0 aliphatic rings. The molecule has 0 saturated carbocycles. The maximum Gasteiger partial charge on any atom is 0.234 e. The zero-order chi connectivity index (χ0) is 11.4. The highest BCUT2D eigenvalue weighted by Crippen LogP contribution is 2.05. The molecule has 4 heteroatoms. The number of carbonyl (C=O) groups excluding carboxylic acids is 1. The number of nitrogens with zero attached hydrogens (tertiary/aromatic N) is 1. The van der Waals surface area contributed by atoms with Crippen molar-refractivity contribution >= 4 is 17.5 Å². The number of alkyl halides is 1. The average Bonchev–Trinajstić information content (AvgIpc) is 2.26. The standard InChI is InChI=1S/C11H18ClN2O/c12-10-11(15)14-9-7-5-3-1-2-4-6-8-13/h2H,1,3-7,9-10H2,(H,14,15). The van der Waals surface area contributed by atoms with E-state index in [-0.39, 0.29) is 11.8 Å². The fourth-order valence-electron chi connectivity index (χ4n) is 1.18. The number of nitrogens with one attached hydrogen (secondary N) is 1. The zero-order valence-electron chi connectivity index (χ0n) is 8.97. The van der Waals surface area contributed by atoms with Gasteiger partial charge in [0, 0.05) is 13.0 Å². The van der Waals surface area contributed by atoms with E-state index in [0.29, 0.717) is 13.0 Å². The Balaban J connectivity index is 2.99. The van der Waals surface area contributed by atoms with E-state index in [4.69, 9.17) is 16.9 Å². The van der Waals surface area contributed by atoms with Crippen molar-refractivity contribution < 1.29 is 4.79 Å². The van der Waals surface area contributed by atoms with Crippen molar-refractivity contribution in [2.75, 3.05) is 12.4 Å². The lowest BCUT2D eigenvalue weighted by molar-refractivity contribution is -0.118. The molecule has 85 valence electrons. The molecule has 0 aromatic heterocycles. The highest BCUT2D eigenvalue weighted by molar-refractivity contribution is 6.27. The number of amides is 1. The fraction of sp³-hybridized carbons (Fsp3) is 0.727. The van der Waals surface area contributed by atoms with Crippen molar-refractivity contribution in [3.8, 4) is 6.07 Å². The van der Waals surface area contributed by atoms with E-state index in [2.05, 4.69) is 17.8 Å². The van der Waals surface area contributed by atoms with E-state index in [0.717, 1.165) is 32.1 Å². The largest absolute Gasteiger partial charge is 0.355 e. The quantitative estimate of drug-likeness (QED) is 0.488. The first-order valence-corrected chi connectivity index (χ1v) is 5.86. The summed E-state index contributed by atoms with van der Waals surface area (Å²) in [6, 6.07) is 2.11. The molecule has 1 radical (unpaired) electrons. The van der Waals surface area contributed by atoms with E-state index in [9.17, 15) is 4.79 Å². The van der Waals surface area contributed by atoms with Gasteiger partial charge in [0.1, 0.15) is 5.88 Å². The van der Waals surface area contributed by atoms with Gasteiger partial charge in [-0.25, -0.2) is 0 Å². The first-order chi connectivity index (χ1) is 7.31. The lowest BCUT2D eigenvalue weighted by Gasteiger charge is -2.02. The summed E-state index contributed by atoms with van der Waals surface area (Å²) in [5.41, 5.74) is 0. The Morgan fingerprint density at radius 3 is 2.80 bits per heavy atom. The predicted octanol–water partition coefficient (Wildman–Crippen LogP) is 2.41. The van der Waals surface area contributed by atoms with Crippen LogP contribution in [0, 0.1) is 17.8 Å². The first kappa shape index (κ1) is 14.2. The second-order valence-electron chi connectivity index (χ2n) is 3.32. The SMILES string of the molecule is N#CCC[CH]CCCCCNC(=O)CCl. The third-order valence-corrected chi connectivity index (χ3v) is 2.23. The molecule has 1 amide bonds. The number of hydrogen-bond donors (Lipinski definition) is 1. The van der Waals surface area contributed by atoms with Crippen LogP contribution in [0.25, 0.3) is 0 Å². The van der Waals surface area contributed by atoms with Crippen molar-refractivity contribution in [3.05, 3.63) is 6.42 Å². The Labute approximate surface area is 96.8 Å². The van der Waals surface area contributed by atoms with Gasteiger partial charge in [0.25, 0.3) is 0 Å². The molecular formula is C11H18ClN2O. The summed E-state index contributed by atoms with van der Waals surface area (Å²) in [5, 5.41) is 11.0. The molecular weight excluding hydrogens is 212 g/mol. The van der Waals surface area contributed by atoms with Gasteiger partial charge in [0.2, 0.25) is 5.91 Å². The molecule has 0 aliphatic carbocycles. The molecule has 0 unspecified atom stereocenters. The van der Waals surface area contributed by atoms with E-state index < -0.39 is 0 Å². The fourth-order valence-corrected chi connectivity index (χ4v) is 1.27. The van der Waals surface area contributed by atoms with Gasteiger partial charge < -0.3 is 5.32 Å². The Hall–Kier alpha value is -0.750. The van der Waals surface area contributed by atoms with Crippen LogP contribution in [0.1, 0.15) is 38.5 Å². The number of rotatable bonds is 9. The summed E-state index contributed by atoms with van der Waals surface area (Å²) in [6.07, 6.45) is 7.94. The lowest BCUT2D eigenvalue weighted by Crippen LogP contribution is -2.25. The monoisotopic (exact) mass is 229 g/mol. The van der Waals surface area contributed by atoms with Crippen LogP contribution in [0.3, 0.4) is 0 Å². The minimum absolute atomic E-state index is 0.0436. The van der Waals surface area contributed by atoms with Crippen molar-refractivity contribution in [1.29, 1.82) is 5.26 Å². The number of halogens is 1. The number of unbranched alkanes of at least 4 members (excludes halogenated alkanes) is 6. The minimum Gasteiger partial charge on any atom is -0.355 e. The van der Waals surface area contributed by atoms with Crippen molar-refractivity contribution in [3.63, 3.8) is 0 Å². The minimum atomic E-state index is -0.0998. The molecule has 0 atom stereocenters.